The van der Waals surface area contributed by atoms with E-state index < -0.39 is 0 Å². The van der Waals surface area contributed by atoms with Crippen LogP contribution in [0.3, 0.4) is 0 Å². The second-order valence-corrected chi connectivity index (χ2v) is 10.0. The lowest BCUT2D eigenvalue weighted by molar-refractivity contribution is 0.0946. The van der Waals surface area contributed by atoms with Gasteiger partial charge in [0.15, 0.2) is 0 Å². The molecule has 5 nitrogen and oxygen atoms in total. The number of allylic oxidation sites excluding steroid dienone is 6. The molecule has 0 aliphatic heterocycles. The predicted octanol–water partition coefficient (Wildman–Crippen LogP) is 6.93. The monoisotopic (exact) mass is 496 g/mol. The number of thioether (sulfide) groups is 1. The van der Waals surface area contributed by atoms with Crippen molar-refractivity contribution in [3.63, 3.8) is 0 Å². The molecule has 2 atom stereocenters. The first kappa shape index (κ1) is 30.2. The highest BCUT2D eigenvalue weighted by atomic mass is 32.2. The van der Waals surface area contributed by atoms with Crippen LogP contribution in [0.15, 0.2) is 71.7 Å². The molecular weight excluding hydrogens is 456 g/mol. The lowest BCUT2D eigenvalue weighted by atomic mass is 10.0. The second kappa shape index (κ2) is 16.0. The van der Waals surface area contributed by atoms with Crippen molar-refractivity contribution in [2.45, 2.75) is 53.6 Å². The minimum Gasteiger partial charge on any atom is -0.488 e. The zero-order chi connectivity index (χ0) is 26.4. The molecule has 1 rings (SSSR count). The third-order valence-electron chi connectivity index (χ3n) is 5.16. The maximum atomic E-state index is 13.1. The van der Waals surface area contributed by atoms with Crippen LogP contribution in [0.5, 0.6) is 5.75 Å². The van der Waals surface area contributed by atoms with Gasteiger partial charge in [0.25, 0.3) is 5.91 Å². The highest BCUT2D eigenvalue weighted by Crippen LogP contribution is 2.34. The van der Waals surface area contributed by atoms with E-state index >= 15 is 0 Å². The quantitative estimate of drug-likeness (QED) is 0.182. The highest BCUT2D eigenvalue weighted by Gasteiger charge is 2.16. The summed E-state index contributed by atoms with van der Waals surface area (Å²) in [6.45, 7) is 18.2. The van der Waals surface area contributed by atoms with Crippen LogP contribution in [0, 0.1) is 11.3 Å². The summed E-state index contributed by atoms with van der Waals surface area (Å²) in [5.74, 6) is 0.262. The van der Waals surface area contributed by atoms with Crippen molar-refractivity contribution in [3.05, 3.63) is 82.8 Å². The van der Waals surface area contributed by atoms with Gasteiger partial charge in [-0.3, -0.25) is 4.79 Å². The molecule has 0 fully saturated rings. The average molecular weight is 497 g/mol. The Labute approximate surface area is 215 Å². The number of aliphatic hydroxyl groups is 1. The molecule has 0 unspecified atom stereocenters. The van der Waals surface area contributed by atoms with Gasteiger partial charge >= 0.3 is 0 Å². The summed E-state index contributed by atoms with van der Waals surface area (Å²) in [6.07, 6.45) is 10.1. The molecule has 190 valence electrons. The second-order valence-electron chi connectivity index (χ2n) is 8.66. The first-order chi connectivity index (χ1) is 16.6. The average Bonchev–Trinajstić information content (AvgIpc) is 2.82. The minimum absolute atomic E-state index is 0.0218. The van der Waals surface area contributed by atoms with Crippen molar-refractivity contribution < 1.29 is 14.6 Å². The van der Waals surface area contributed by atoms with Crippen LogP contribution >= 0.6 is 11.8 Å². The van der Waals surface area contributed by atoms with Gasteiger partial charge in [-0.25, -0.2) is 0 Å². The number of carbonyl (C=O) groups excluding carboxylic acids is 1. The number of hydrogen-bond acceptors (Lipinski definition) is 5. The Morgan fingerprint density at radius 2 is 1.89 bits per heavy atom. The molecule has 3 N–H and O–H groups in total. The van der Waals surface area contributed by atoms with Crippen molar-refractivity contribution in [2.75, 3.05) is 13.2 Å². The van der Waals surface area contributed by atoms with Gasteiger partial charge in [0.1, 0.15) is 11.9 Å². The van der Waals surface area contributed by atoms with Crippen molar-refractivity contribution in [2.24, 2.45) is 5.92 Å². The number of rotatable bonds is 15. The first-order valence-corrected chi connectivity index (χ1v) is 12.7. The maximum Gasteiger partial charge on any atom is 0.251 e. The van der Waals surface area contributed by atoms with E-state index in [0.29, 0.717) is 24.3 Å². The minimum atomic E-state index is -0.343. The number of nitrogens with one attached hydrogen (secondary N) is 2. The van der Waals surface area contributed by atoms with Gasteiger partial charge < -0.3 is 20.6 Å². The fourth-order valence-electron chi connectivity index (χ4n) is 3.20. The van der Waals surface area contributed by atoms with Gasteiger partial charge in [0, 0.05) is 23.2 Å². The number of amides is 1. The molecule has 0 aliphatic rings. The molecule has 0 spiro atoms. The van der Waals surface area contributed by atoms with Gasteiger partial charge in [-0.2, -0.15) is 0 Å². The predicted molar refractivity (Wildman–Crippen MR) is 151 cm³/mol. The summed E-state index contributed by atoms with van der Waals surface area (Å²) >= 11 is 1.49. The van der Waals surface area contributed by atoms with E-state index in [9.17, 15) is 9.90 Å². The molecule has 1 aromatic carbocycles. The van der Waals surface area contributed by atoms with E-state index in [1.165, 1.54) is 18.0 Å². The van der Waals surface area contributed by atoms with E-state index in [-0.39, 0.29) is 24.5 Å². The molecule has 0 heterocycles. The standard InChI is InChI=1S/C29H40N2O3S/c1-8-10-22(6)35-23(7)25-14-26(16-28(15-25)34-27(19-32)11-9-2)29(33)31-18-21(5)24(17-30)13-12-20(3)4/h8,10,12-17,21,27,30,32H,1,7,9,11,18-19H2,2-6H3,(H,31,33)/b22-10-,24-13+,30-17?/t21-,27+/m0/s1. The van der Waals surface area contributed by atoms with Crippen molar-refractivity contribution in [1.82, 2.24) is 5.32 Å². The third kappa shape index (κ3) is 11.0. The molecule has 1 aromatic rings. The van der Waals surface area contributed by atoms with Crippen molar-refractivity contribution in [3.8, 4) is 5.75 Å². The van der Waals surface area contributed by atoms with E-state index in [1.54, 1.807) is 18.2 Å². The Hall–Kier alpha value is -2.83. The lowest BCUT2D eigenvalue weighted by Crippen LogP contribution is -2.29. The van der Waals surface area contributed by atoms with Gasteiger partial charge in [-0.05, 0) is 67.4 Å². The lowest BCUT2D eigenvalue weighted by Gasteiger charge is -2.19. The molecule has 0 aromatic heterocycles. The number of carbonyl (C=O) groups is 1. The summed E-state index contributed by atoms with van der Waals surface area (Å²) in [6, 6.07) is 5.35. The summed E-state index contributed by atoms with van der Waals surface area (Å²) in [4.78, 5) is 14.9. The summed E-state index contributed by atoms with van der Waals surface area (Å²) in [5, 5.41) is 20.4. The van der Waals surface area contributed by atoms with Crippen LogP contribution in [0.1, 0.15) is 63.4 Å². The smallest absolute Gasteiger partial charge is 0.251 e. The third-order valence-corrected chi connectivity index (χ3v) is 6.10. The van der Waals surface area contributed by atoms with E-state index in [1.807, 2.05) is 58.9 Å². The fourth-order valence-corrected chi connectivity index (χ4v) is 3.99. The van der Waals surface area contributed by atoms with Gasteiger partial charge in [0.05, 0.1) is 6.61 Å². The molecule has 6 heteroatoms. The molecule has 0 saturated heterocycles. The van der Waals surface area contributed by atoms with Gasteiger partial charge in [-0.15, -0.1) is 0 Å². The normalized spacial score (nSPS) is 13.4. The number of benzene rings is 1. The van der Waals surface area contributed by atoms with Crippen LogP contribution < -0.4 is 10.1 Å². The van der Waals surface area contributed by atoms with Gasteiger partial charge in [0.2, 0.25) is 0 Å². The highest BCUT2D eigenvalue weighted by molar-refractivity contribution is 8.11. The Morgan fingerprint density at radius 1 is 1.20 bits per heavy atom. The molecule has 35 heavy (non-hydrogen) atoms. The number of hydrogen-bond donors (Lipinski definition) is 3. The van der Waals surface area contributed by atoms with Crippen LogP contribution in [-0.4, -0.2) is 36.5 Å². The Morgan fingerprint density at radius 3 is 2.46 bits per heavy atom. The van der Waals surface area contributed by atoms with Crippen LogP contribution in [0.4, 0.5) is 0 Å². The first-order valence-electron chi connectivity index (χ1n) is 11.9. The Bertz CT molecular complexity index is 988. The van der Waals surface area contributed by atoms with Crippen LogP contribution in [0.25, 0.3) is 4.91 Å². The number of aliphatic hydroxyl groups excluding tert-OH is 1. The summed E-state index contributed by atoms with van der Waals surface area (Å²) in [7, 11) is 0. The van der Waals surface area contributed by atoms with Gasteiger partial charge in [-0.1, -0.05) is 75.1 Å². The molecule has 0 radical (unpaired) electrons. The molecular formula is C29H40N2O3S. The summed E-state index contributed by atoms with van der Waals surface area (Å²) < 4.78 is 6.02. The van der Waals surface area contributed by atoms with Crippen molar-refractivity contribution in [1.29, 1.82) is 5.41 Å². The molecule has 0 aliphatic carbocycles. The summed E-state index contributed by atoms with van der Waals surface area (Å²) in [5.41, 5.74) is 3.21. The molecule has 1 amide bonds. The maximum absolute atomic E-state index is 13.1. The van der Waals surface area contributed by atoms with E-state index in [4.69, 9.17) is 10.1 Å². The Balaban J connectivity index is 3.19. The fraction of sp³-hybridized carbons (Fsp3) is 0.379. The molecule has 0 bridgehead atoms. The van der Waals surface area contributed by atoms with Crippen molar-refractivity contribution >= 4 is 28.8 Å². The largest absolute Gasteiger partial charge is 0.488 e. The van der Waals surface area contributed by atoms with Crippen LogP contribution in [-0.2, 0) is 0 Å². The van der Waals surface area contributed by atoms with E-state index in [2.05, 4.69) is 18.5 Å². The van der Waals surface area contributed by atoms with Crippen LogP contribution in [0.2, 0.25) is 0 Å². The zero-order valence-corrected chi connectivity index (χ0v) is 22.5. The number of ether oxygens (including phenoxy) is 1. The SMILES string of the molecule is C=C/C=C(/C)SC(=C)c1cc(O[C@@H](CO)CCC)cc(C(=O)NC[C@H](C)/C(C=N)=C/C=C(C)C)c1. The Kier molecular flexibility index (Phi) is 13.8. The topological polar surface area (TPSA) is 82.4 Å². The zero-order valence-electron chi connectivity index (χ0n) is 21.7. The van der Waals surface area contributed by atoms with E-state index in [0.717, 1.165) is 32.9 Å². The molecule has 0 saturated carbocycles.